The third kappa shape index (κ3) is 11.7. The lowest BCUT2D eigenvalue weighted by atomic mass is 9.58. The third-order valence-electron chi connectivity index (χ3n) is 12.8. The van der Waals surface area contributed by atoms with Crippen LogP contribution in [0, 0.1) is 34.0 Å². The lowest BCUT2D eigenvalue weighted by Gasteiger charge is -2.51. The SMILES string of the molecule is COC(=O)CCCNC(=O)[C@@H]1C[C@H](NC(=O)CCCNC(=O)[C@@H]2C[C@H](NC(=O)CCCNC(=O)[C@@H]3C[C@H](NC(=O)OCc4ccccc4)C3(C)C)C2(C)C)C1(C)C. The minimum atomic E-state index is -0.512. The van der Waals surface area contributed by atoms with Crippen LogP contribution in [0.4, 0.5) is 4.79 Å². The van der Waals surface area contributed by atoms with Gasteiger partial charge in [-0.15, -0.1) is 0 Å². The number of carbonyl (C=O) groups excluding carboxylic acids is 7. The topological polar surface area (TPSA) is 210 Å². The van der Waals surface area contributed by atoms with E-state index < -0.39 is 22.3 Å². The van der Waals surface area contributed by atoms with E-state index in [2.05, 4.69) is 36.6 Å². The molecule has 15 nitrogen and oxygen atoms in total. The van der Waals surface area contributed by atoms with Gasteiger partial charge in [-0.1, -0.05) is 71.9 Å². The molecule has 3 aliphatic carbocycles. The summed E-state index contributed by atoms with van der Waals surface area (Å²) in [6, 6.07) is 8.94. The van der Waals surface area contributed by atoms with Crippen LogP contribution in [0.25, 0.3) is 0 Å². The molecule has 3 fully saturated rings. The van der Waals surface area contributed by atoms with Crippen LogP contribution in [0.3, 0.4) is 0 Å². The second kappa shape index (κ2) is 19.6. The first-order chi connectivity index (χ1) is 26.9. The normalized spacial score (nSPS) is 24.8. The first-order valence-electron chi connectivity index (χ1n) is 20.3. The number of nitrogens with one attached hydrogen (secondary N) is 6. The standard InChI is InChI=1S/C42H64N6O9/c1-40(2)27(36(52)43-19-11-16-33(49)47-31-23-28(41(31,3)4)37(53)45-21-13-18-35(51)56-7)22-30(40)46-34(50)17-12-20-44-38(54)29-24-32(42(29,5)6)48-39(55)57-25-26-14-9-8-10-15-26/h8-10,14-15,27-32H,11-13,16-25H2,1-7H3,(H,43,52)(H,44,54)(H,45,53)(H,46,50)(H,47,49)(H,48,55)/t27-,28-,29-,30-,31-,32-/m0/s1. The molecule has 0 heterocycles. The minimum absolute atomic E-state index is 0.0842. The van der Waals surface area contributed by atoms with E-state index in [1.165, 1.54) is 7.11 Å². The van der Waals surface area contributed by atoms with Crippen molar-refractivity contribution in [2.75, 3.05) is 26.7 Å². The smallest absolute Gasteiger partial charge is 0.407 e. The average molecular weight is 797 g/mol. The number of alkyl carbamates (subject to hydrolysis) is 1. The monoisotopic (exact) mass is 796 g/mol. The highest BCUT2D eigenvalue weighted by Gasteiger charge is 2.54. The molecule has 6 amide bonds. The van der Waals surface area contributed by atoms with Crippen LogP contribution in [0.1, 0.15) is 105 Å². The Bertz CT molecular complexity index is 1610. The summed E-state index contributed by atoms with van der Waals surface area (Å²) in [4.78, 5) is 87.5. The molecule has 0 aromatic heterocycles. The maximum atomic E-state index is 13.0. The van der Waals surface area contributed by atoms with E-state index in [1.807, 2.05) is 71.9 Å². The van der Waals surface area contributed by atoms with E-state index in [-0.39, 0.29) is 97.3 Å². The van der Waals surface area contributed by atoms with Crippen molar-refractivity contribution in [3.05, 3.63) is 35.9 Å². The van der Waals surface area contributed by atoms with Gasteiger partial charge in [0.05, 0.1) is 7.11 Å². The van der Waals surface area contributed by atoms with Crippen molar-refractivity contribution in [3.8, 4) is 0 Å². The Balaban J connectivity index is 1.03. The summed E-state index contributed by atoms with van der Waals surface area (Å²) < 4.78 is 9.94. The first-order valence-corrected chi connectivity index (χ1v) is 20.3. The number of rotatable bonds is 20. The highest BCUT2D eigenvalue weighted by atomic mass is 16.5. The molecule has 0 spiro atoms. The van der Waals surface area contributed by atoms with Crippen LogP contribution < -0.4 is 31.9 Å². The predicted molar refractivity (Wildman–Crippen MR) is 212 cm³/mol. The van der Waals surface area contributed by atoms with Crippen molar-refractivity contribution in [1.82, 2.24) is 31.9 Å². The number of hydrogen-bond donors (Lipinski definition) is 6. The van der Waals surface area contributed by atoms with Crippen LogP contribution in [0.15, 0.2) is 30.3 Å². The molecule has 15 heteroatoms. The summed E-state index contributed by atoms with van der Waals surface area (Å²) in [6.45, 7) is 13.0. The Morgan fingerprint density at radius 3 is 1.35 bits per heavy atom. The average Bonchev–Trinajstić information content (AvgIpc) is 3.17. The van der Waals surface area contributed by atoms with Crippen LogP contribution in [-0.2, 0) is 44.8 Å². The second-order valence-corrected chi connectivity index (χ2v) is 17.6. The number of ether oxygens (including phenoxy) is 2. The Labute approximate surface area is 336 Å². The van der Waals surface area contributed by atoms with Gasteiger partial charge in [-0.2, -0.15) is 0 Å². The van der Waals surface area contributed by atoms with Gasteiger partial charge in [0.2, 0.25) is 29.5 Å². The van der Waals surface area contributed by atoms with Crippen molar-refractivity contribution in [3.63, 3.8) is 0 Å². The Kier molecular flexibility index (Phi) is 15.5. The van der Waals surface area contributed by atoms with E-state index in [9.17, 15) is 33.6 Å². The fourth-order valence-electron chi connectivity index (χ4n) is 8.12. The lowest BCUT2D eigenvalue weighted by Crippen LogP contribution is -2.62. The molecular formula is C42H64N6O9. The maximum absolute atomic E-state index is 13.0. The van der Waals surface area contributed by atoms with E-state index >= 15 is 0 Å². The van der Waals surface area contributed by atoms with E-state index in [1.54, 1.807) is 0 Å². The maximum Gasteiger partial charge on any atom is 0.407 e. The number of carbonyl (C=O) groups is 7. The number of benzene rings is 1. The van der Waals surface area contributed by atoms with E-state index in [4.69, 9.17) is 4.74 Å². The molecule has 4 rings (SSSR count). The lowest BCUT2D eigenvalue weighted by molar-refractivity contribution is -0.142. The van der Waals surface area contributed by atoms with Gasteiger partial charge in [0.1, 0.15) is 6.61 Å². The molecular weight excluding hydrogens is 732 g/mol. The van der Waals surface area contributed by atoms with Crippen LogP contribution in [-0.4, -0.2) is 86.5 Å². The van der Waals surface area contributed by atoms with Gasteiger partial charge in [-0.3, -0.25) is 28.8 Å². The zero-order chi connectivity index (χ0) is 42.0. The summed E-state index contributed by atoms with van der Waals surface area (Å²) in [5.41, 5.74) is -0.408. The van der Waals surface area contributed by atoms with Gasteiger partial charge >= 0.3 is 12.1 Å². The highest BCUT2D eigenvalue weighted by Crippen LogP contribution is 2.48. The quantitative estimate of drug-likeness (QED) is 0.0844. The van der Waals surface area contributed by atoms with E-state index in [0.717, 1.165) is 5.56 Å². The molecule has 3 aliphatic rings. The summed E-state index contributed by atoms with van der Waals surface area (Å²) in [6.07, 6.45) is 3.22. The molecule has 0 bridgehead atoms. The first kappa shape index (κ1) is 45.0. The van der Waals surface area contributed by atoms with E-state index in [0.29, 0.717) is 58.2 Å². The molecule has 1 aromatic rings. The van der Waals surface area contributed by atoms with Crippen LogP contribution in [0.5, 0.6) is 0 Å². The van der Waals surface area contributed by atoms with Gasteiger partial charge in [0.25, 0.3) is 0 Å². The van der Waals surface area contributed by atoms with Crippen molar-refractivity contribution in [1.29, 1.82) is 0 Å². The minimum Gasteiger partial charge on any atom is -0.469 e. The van der Waals surface area contributed by atoms with Crippen molar-refractivity contribution in [2.24, 2.45) is 34.0 Å². The summed E-state index contributed by atoms with van der Waals surface area (Å²) >= 11 is 0. The largest absolute Gasteiger partial charge is 0.469 e. The number of hydrogen-bond acceptors (Lipinski definition) is 9. The highest BCUT2D eigenvalue weighted by molar-refractivity contribution is 5.84. The molecule has 3 saturated carbocycles. The molecule has 6 N–H and O–H groups in total. The van der Waals surface area contributed by atoms with Crippen molar-refractivity contribution < 1.29 is 43.0 Å². The zero-order valence-corrected chi connectivity index (χ0v) is 34.7. The number of amides is 6. The molecule has 57 heavy (non-hydrogen) atoms. The van der Waals surface area contributed by atoms with Crippen LogP contribution in [0.2, 0.25) is 0 Å². The van der Waals surface area contributed by atoms with Gasteiger partial charge in [0.15, 0.2) is 0 Å². The summed E-state index contributed by atoms with van der Waals surface area (Å²) in [5, 5.41) is 17.7. The molecule has 0 unspecified atom stereocenters. The fraction of sp³-hybridized carbons (Fsp3) is 0.690. The number of methoxy groups -OCH3 is 1. The Morgan fingerprint density at radius 2 is 0.965 bits per heavy atom. The van der Waals surface area contributed by atoms with Crippen molar-refractivity contribution in [2.45, 2.75) is 124 Å². The summed E-state index contributed by atoms with van der Waals surface area (Å²) in [7, 11) is 1.33. The van der Waals surface area contributed by atoms with Gasteiger partial charge < -0.3 is 41.4 Å². The molecule has 0 aliphatic heterocycles. The zero-order valence-electron chi connectivity index (χ0n) is 34.7. The summed E-state index contributed by atoms with van der Waals surface area (Å²) in [5.74, 6) is -1.64. The van der Waals surface area contributed by atoms with Crippen LogP contribution >= 0.6 is 0 Å². The van der Waals surface area contributed by atoms with Gasteiger partial charge in [0, 0.05) is 74.8 Å². The van der Waals surface area contributed by atoms with Gasteiger partial charge in [-0.25, -0.2) is 4.79 Å². The van der Waals surface area contributed by atoms with Gasteiger partial charge in [-0.05, 0) is 60.3 Å². The Hall–Kier alpha value is -4.69. The number of esters is 1. The van der Waals surface area contributed by atoms with Crippen molar-refractivity contribution >= 4 is 41.6 Å². The predicted octanol–water partition coefficient (Wildman–Crippen LogP) is 3.25. The molecule has 6 atom stereocenters. The third-order valence-corrected chi connectivity index (χ3v) is 12.8. The molecule has 0 radical (unpaired) electrons. The molecule has 316 valence electrons. The molecule has 1 aromatic carbocycles. The second-order valence-electron chi connectivity index (χ2n) is 17.6. The molecule has 0 saturated heterocycles. The fourth-order valence-corrected chi connectivity index (χ4v) is 8.12. The Morgan fingerprint density at radius 1 is 0.579 bits per heavy atom.